The Balaban J connectivity index is 2.03. The maximum absolute atomic E-state index is 12.1. The van der Waals surface area contributed by atoms with E-state index in [4.69, 9.17) is 4.74 Å². The van der Waals surface area contributed by atoms with Gasteiger partial charge in [0.15, 0.2) is 0 Å². The average Bonchev–Trinajstić information content (AvgIpc) is 2.74. The zero-order valence-electron chi connectivity index (χ0n) is 12.2. The van der Waals surface area contributed by atoms with Crippen LogP contribution in [0.3, 0.4) is 0 Å². The van der Waals surface area contributed by atoms with Crippen LogP contribution in [-0.2, 0) is 9.59 Å². The number of nitrogens with zero attached hydrogens (tertiary/aromatic N) is 3. The number of carbonyl (C=O) groups is 2. The summed E-state index contributed by atoms with van der Waals surface area (Å²) in [6.45, 7) is 4.38. The van der Waals surface area contributed by atoms with Crippen LogP contribution >= 0.6 is 0 Å². The number of aryl methyl sites for hydroxylation is 1. The molecule has 1 aromatic rings. The average molecular weight is 293 g/mol. The molecule has 2 amide bonds. The highest BCUT2D eigenvalue weighted by Gasteiger charge is 2.23. The first kappa shape index (κ1) is 15.2. The molecule has 1 fully saturated rings. The summed E-state index contributed by atoms with van der Waals surface area (Å²) in [5.41, 5.74) is 0.642. The van der Waals surface area contributed by atoms with E-state index in [1.807, 2.05) is 0 Å². The molecule has 2 N–H and O–H groups in total. The molecular weight excluding hydrogens is 274 g/mol. The second-order valence-corrected chi connectivity index (χ2v) is 4.73. The fraction of sp³-hybridized carbons (Fsp3) is 0.538. The van der Waals surface area contributed by atoms with Crippen molar-refractivity contribution in [3.05, 3.63) is 11.8 Å². The number of hydrogen-bond acceptors (Lipinski definition) is 6. The molecule has 1 saturated heterocycles. The van der Waals surface area contributed by atoms with E-state index >= 15 is 0 Å². The van der Waals surface area contributed by atoms with Crippen LogP contribution in [0.25, 0.3) is 0 Å². The van der Waals surface area contributed by atoms with Gasteiger partial charge < -0.3 is 15.0 Å². The van der Waals surface area contributed by atoms with Gasteiger partial charge in [-0.1, -0.05) is 0 Å². The van der Waals surface area contributed by atoms with Gasteiger partial charge in [-0.05, 0) is 19.9 Å². The van der Waals surface area contributed by atoms with Gasteiger partial charge in [0.25, 0.3) is 0 Å². The van der Waals surface area contributed by atoms with Gasteiger partial charge in [-0.2, -0.15) is 4.98 Å². The molecule has 0 aliphatic carbocycles. The Morgan fingerprint density at radius 3 is 2.90 bits per heavy atom. The van der Waals surface area contributed by atoms with Crippen molar-refractivity contribution in [2.45, 2.75) is 13.3 Å². The van der Waals surface area contributed by atoms with Gasteiger partial charge in [0.2, 0.25) is 11.8 Å². The van der Waals surface area contributed by atoms with Gasteiger partial charge in [0.1, 0.15) is 0 Å². The molecule has 1 aromatic heterocycles. The molecule has 2 heterocycles. The third-order valence-electron chi connectivity index (χ3n) is 3.09. The Labute approximate surface area is 122 Å². The minimum atomic E-state index is -0.732. The third kappa shape index (κ3) is 4.12. The van der Waals surface area contributed by atoms with Crippen LogP contribution in [0.2, 0.25) is 0 Å². The van der Waals surface area contributed by atoms with Crippen LogP contribution in [0.5, 0.6) is 5.88 Å². The molecule has 8 nitrogen and oxygen atoms in total. The Bertz CT molecular complexity index is 527. The monoisotopic (exact) mass is 293 g/mol. The van der Waals surface area contributed by atoms with Crippen LogP contribution in [0.1, 0.15) is 12.1 Å². The van der Waals surface area contributed by atoms with Gasteiger partial charge in [-0.3, -0.25) is 14.9 Å². The predicted octanol–water partition coefficient (Wildman–Crippen LogP) is -0.446. The van der Waals surface area contributed by atoms with Crippen molar-refractivity contribution in [1.29, 1.82) is 0 Å². The zero-order chi connectivity index (χ0) is 15.2. The van der Waals surface area contributed by atoms with Crippen molar-refractivity contribution in [3.8, 4) is 5.88 Å². The van der Waals surface area contributed by atoms with Crippen LogP contribution < -0.4 is 15.4 Å². The molecular formula is C13H19N5O3. The first-order valence-corrected chi connectivity index (χ1v) is 6.81. The highest BCUT2D eigenvalue weighted by atomic mass is 16.5. The number of aromatic nitrogens is 2. The number of ether oxygens (including phenoxy) is 1. The molecule has 0 spiro atoms. The SMILES string of the molecule is COc1cc(C)nc(NC(=O)C(=O)N2CCCNCC2)n1. The molecule has 0 bridgehead atoms. The topological polar surface area (TPSA) is 96.4 Å². The van der Waals surface area contributed by atoms with Crippen LogP contribution in [-0.4, -0.2) is 60.0 Å². The van der Waals surface area contributed by atoms with Gasteiger partial charge in [0.05, 0.1) is 7.11 Å². The number of methoxy groups -OCH3 is 1. The molecule has 0 radical (unpaired) electrons. The number of anilines is 1. The summed E-state index contributed by atoms with van der Waals surface area (Å²) < 4.78 is 5.00. The normalized spacial score (nSPS) is 15.2. The number of carbonyl (C=O) groups excluding carboxylic acids is 2. The highest BCUT2D eigenvalue weighted by Crippen LogP contribution is 2.11. The van der Waals surface area contributed by atoms with Crippen molar-refractivity contribution < 1.29 is 14.3 Å². The van der Waals surface area contributed by atoms with E-state index in [2.05, 4.69) is 20.6 Å². The summed E-state index contributed by atoms with van der Waals surface area (Å²) in [7, 11) is 1.47. The van der Waals surface area contributed by atoms with Crippen LogP contribution in [0.4, 0.5) is 5.95 Å². The fourth-order valence-electron chi connectivity index (χ4n) is 2.05. The Hall–Kier alpha value is -2.22. The molecule has 21 heavy (non-hydrogen) atoms. The molecule has 0 unspecified atom stereocenters. The Kier molecular flexibility index (Phi) is 5.04. The van der Waals surface area contributed by atoms with Crippen molar-refractivity contribution in [2.24, 2.45) is 0 Å². The highest BCUT2D eigenvalue weighted by molar-refractivity contribution is 6.39. The van der Waals surface area contributed by atoms with Crippen LogP contribution in [0.15, 0.2) is 6.07 Å². The minimum Gasteiger partial charge on any atom is -0.481 e. The lowest BCUT2D eigenvalue weighted by Gasteiger charge is -2.18. The standard InChI is InChI=1S/C13H19N5O3/c1-9-8-10(21-2)16-13(15-9)17-11(19)12(20)18-6-3-4-14-5-7-18/h8,14H,3-7H2,1-2H3,(H,15,16,17,19). The van der Waals surface area contributed by atoms with Crippen molar-refractivity contribution in [1.82, 2.24) is 20.2 Å². The van der Waals surface area contributed by atoms with E-state index < -0.39 is 11.8 Å². The summed E-state index contributed by atoms with van der Waals surface area (Å²) in [5.74, 6) is -0.894. The summed E-state index contributed by atoms with van der Waals surface area (Å²) in [5, 5.41) is 5.60. The minimum absolute atomic E-state index is 0.0677. The van der Waals surface area contributed by atoms with Gasteiger partial charge in [-0.25, -0.2) is 4.98 Å². The third-order valence-corrected chi connectivity index (χ3v) is 3.09. The van der Waals surface area contributed by atoms with Crippen LogP contribution in [0, 0.1) is 6.92 Å². The lowest BCUT2D eigenvalue weighted by molar-refractivity contribution is -0.143. The second kappa shape index (κ2) is 6.98. The van der Waals surface area contributed by atoms with E-state index in [1.54, 1.807) is 13.0 Å². The lowest BCUT2D eigenvalue weighted by Crippen LogP contribution is -2.41. The number of hydrogen-bond donors (Lipinski definition) is 2. The van der Waals surface area contributed by atoms with E-state index in [-0.39, 0.29) is 5.95 Å². The Morgan fingerprint density at radius 1 is 1.33 bits per heavy atom. The maximum Gasteiger partial charge on any atom is 0.316 e. The zero-order valence-corrected chi connectivity index (χ0v) is 12.2. The molecule has 1 aliphatic rings. The van der Waals surface area contributed by atoms with E-state index in [1.165, 1.54) is 12.0 Å². The largest absolute Gasteiger partial charge is 0.481 e. The first-order chi connectivity index (χ1) is 10.1. The molecule has 114 valence electrons. The van der Waals surface area contributed by atoms with Crippen molar-refractivity contribution in [3.63, 3.8) is 0 Å². The molecule has 0 atom stereocenters. The number of rotatable bonds is 2. The number of nitrogens with one attached hydrogen (secondary N) is 2. The quantitative estimate of drug-likeness (QED) is 0.717. The summed E-state index contributed by atoms with van der Waals surface area (Å²) in [6.07, 6.45) is 0.827. The maximum atomic E-state index is 12.1. The second-order valence-electron chi connectivity index (χ2n) is 4.73. The van der Waals surface area contributed by atoms with E-state index in [9.17, 15) is 9.59 Å². The molecule has 8 heteroatoms. The van der Waals surface area contributed by atoms with Gasteiger partial charge in [-0.15, -0.1) is 0 Å². The van der Waals surface area contributed by atoms with E-state index in [0.717, 1.165) is 13.0 Å². The summed E-state index contributed by atoms with van der Waals surface area (Å²) in [4.78, 5) is 33.7. The summed E-state index contributed by atoms with van der Waals surface area (Å²) in [6, 6.07) is 1.64. The first-order valence-electron chi connectivity index (χ1n) is 6.81. The van der Waals surface area contributed by atoms with Crippen molar-refractivity contribution in [2.75, 3.05) is 38.6 Å². The molecule has 0 aromatic carbocycles. The molecule has 2 rings (SSSR count). The number of amides is 2. The Morgan fingerprint density at radius 2 is 2.14 bits per heavy atom. The smallest absolute Gasteiger partial charge is 0.316 e. The lowest BCUT2D eigenvalue weighted by atomic mass is 10.3. The van der Waals surface area contributed by atoms with Gasteiger partial charge in [0, 0.05) is 31.4 Å². The van der Waals surface area contributed by atoms with Crippen molar-refractivity contribution >= 4 is 17.8 Å². The molecule has 0 saturated carbocycles. The predicted molar refractivity (Wildman–Crippen MR) is 76.0 cm³/mol. The molecule has 1 aliphatic heterocycles. The summed E-state index contributed by atoms with van der Waals surface area (Å²) >= 11 is 0. The van der Waals surface area contributed by atoms with E-state index in [0.29, 0.717) is 31.2 Å². The fourth-order valence-corrected chi connectivity index (χ4v) is 2.05. The van der Waals surface area contributed by atoms with Gasteiger partial charge >= 0.3 is 11.8 Å².